The van der Waals surface area contributed by atoms with Crippen molar-refractivity contribution in [1.82, 2.24) is 4.98 Å². The van der Waals surface area contributed by atoms with E-state index in [1.807, 2.05) is 37.3 Å². The minimum atomic E-state index is -0.561. The first-order valence-electron chi connectivity index (χ1n) is 7.48. The molecule has 24 heavy (non-hydrogen) atoms. The molecule has 6 nitrogen and oxygen atoms in total. The van der Waals surface area contributed by atoms with Crippen LogP contribution in [-0.4, -0.2) is 40.7 Å². The average Bonchev–Trinajstić information content (AvgIpc) is 2.62. The van der Waals surface area contributed by atoms with E-state index in [0.717, 1.165) is 22.4 Å². The second-order valence-electron chi connectivity index (χ2n) is 5.23. The smallest absolute Gasteiger partial charge is 0.352 e. The second-order valence-corrected chi connectivity index (χ2v) is 5.23. The van der Waals surface area contributed by atoms with Gasteiger partial charge in [-0.1, -0.05) is 18.2 Å². The molecule has 2 N–H and O–H groups in total. The van der Waals surface area contributed by atoms with Gasteiger partial charge in [0.25, 0.3) is 0 Å². The highest BCUT2D eigenvalue weighted by Gasteiger charge is 2.14. The molecule has 0 saturated carbocycles. The van der Waals surface area contributed by atoms with E-state index in [2.05, 4.69) is 9.98 Å². The van der Waals surface area contributed by atoms with Crippen molar-refractivity contribution in [2.24, 2.45) is 4.99 Å². The fourth-order valence-corrected chi connectivity index (χ4v) is 2.33. The molecule has 0 atom stereocenters. The first kappa shape index (κ1) is 17.8. The summed E-state index contributed by atoms with van der Waals surface area (Å²) in [6, 6.07) is 11.2. The predicted molar refractivity (Wildman–Crippen MR) is 90.6 cm³/mol. The number of benzene rings is 1. The number of nitrogens with zero attached hydrogens (tertiary/aromatic N) is 2. The molecule has 0 aliphatic rings. The molecule has 6 heteroatoms. The molecule has 126 valence electrons. The van der Waals surface area contributed by atoms with Gasteiger partial charge in [0, 0.05) is 12.0 Å². The zero-order valence-corrected chi connectivity index (χ0v) is 13.7. The summed E-state index contributed by atoms with van der Waals surface area (Å²) >= 11 is 0. The lowest BCUT2D eigenvalue weighted by molar-refractivity contribution is -0.132. The lowest BCUT2D eigenvalue weighted by Gasteiger charge is -2.10. The van der Waals surface area contributed by atoms with Gasteiger partial charge in [0.15, 0.2) is 0 Å². The number of aromatic nitrogens is 1. The van der Waals surface area contributed by atoms with Crippen molar-refractivity contribution in [3.63, 3.8) is 0 Å². The fourth-order valence-electron chi connectivity index (χ4n) is 2.33. The first-order chi connectivity index (χ1) is 11.6. The van der Waals surface area contributed by atoms with Crippen LogP contribution in [0.5, 0.6) is 0 Å². The zero-order valence-electron chi connectivity index (χ0n) is 13.7. The van der Waals surface area contributed by atoms with Crippen LogP contribution in [0.4, 0.5) is 0 Å². The van der Waals surface area contributed by atoms with Gasteiger partial charge >= 0.3 is 5.97 Å². The molecule has 0 spiro atoms. The lowest BCUT2D eigenvalue weighted by atomic mass is 9.98. The van der Waals surface area contributed by atoms with Gasteiger partial charge in [-0.3, -0.25) is 9.98 Å². The largest absolute Gasteiger partial charge is 0.465 e. The van der Waals surface area contributed by atoms with E-state index in [1.54, 1.807) is 6.07 Å². The highest BCUT2D eigenvalue weighted by molar-refractivity contribution is 6.36. The molecule has 0 fully saturated rings. The third-order valence-electron chi connectivity index (χ3n) is 3.65. The van der Waals surface area contributed by atoms with Crippen molar-refractivity contribution in [3.8, 4) is 11.3 Å². The number of hydrogen-bond donors (Lipinski definition) is 2. The van der Waals surface area contributed by atoms with Gasteiger partial charge in [0.1, 0.15) is 12.4 Å². The van der Waals surface area contributed by atoms with E-state index in [0.29, 0.717) is 5.69 Å². The van der Waals surface area contributed by atoms with Crippen LogP contribution in [0.25, 0.3) is 11.3 Å². The summed E-state index contributed by atoms with van der Waals surface area (Å²) < 4.78 is 4.70. The summed E-state index contributed by atoms with van der Waals surface area (Å²) in [6.45, 7) is 1.34. The maximum atomic E-state index is 11.8. The molecule has 0 amide bonds. The number of ether oxygens (including phenoxy) is 1. The molecule has 0 radical (unpaired) electrons. The topological polar surface area (TPSA) is 92.0 Å². The SMILES string of the molecule is COC(=O)C(Cc1cc(-c2cccc(CO)n2)ccc1C)=NCO. The highest BCUT2D eigenvalue weighted by atomic mass is 16.5. The molecule has 0 unspecified atom stereocenters. The summed E-state index contributed by atoms with van der Waals surface area (Å²) in [6.07, 6.45) is 0.257. The maximum Gasteiger partial charge on any atom is 0.352 e. The number of carbonyl (C=O) groups is 1. The number of aliphatic hydroxyl groups is 2. The quantitative estimate of drug-likeness (QED) is 0.621. The standard InChI is InChI=1S/C18H20N2O4/c1-12-6-7-13(16-5-3-4-15(10-21)20-16)8-14(12)9-17(19-11-22)18(23)24-2/h3-8,21-22H,9-11H2,1-2H3. The van der Waals surface area contributed by atoms with Crippen molar-refractivity contribution in [1.29, 1.82) is 0 Å². The Morgan fingerprint density at radius 3 is 2.71 bits per heavy atom. The zero-order chi connectivity index (χ0) is 17.5. The Labute approximate surface area is 140 Å². The third-order valence-corrected chi connectivity index (χ3v) is 3.65. The summed E-state index contributed by atoms with van der Waals surface area (Å²) in [4.78, 5) is 19.9. The van der Waals surface area contributed by atoms with Crippen molar-refractivity contribution in [2.45, 2.75) is 20.0 Å². The molecular weight excluding hydrogens is 308 g/mol. The van der Waals surface area contributed by atoms with E-state index in [9.17, 15) is 9.90 Å². The Kier molecular flexibility index (Phi) is 6.17. The number of aryl methyl sites for hydroxylation is 1. The fraction of sp³-hybridized carbons (Fsp3) is 0.278. The van der Waals surface area contributed by atoms with Crippen LogP contribution in [0.2, 0.25) is 0 Å². The van der Waals surface area contributed by atoms with Gasteiger partial charge in [-0.25, -0.2) is 4.79 Å². The molecule has 0 saturated heterocycles. The van der Waals surface area contributed by atoms with Crippen molar-refractivity contribution in [3.05, 3.63) is 53.2 Å². The molecule has 2 aromatic rings. The van der Waals surface area contributed by atoms with Gasteiger partial charge in [-0.15, -0.1) is 0 Å². The summed E-state index contributed by atoms with van der Waals surface area (Å²) in [5.41, 5.74) is 4.25. The molecule has 1 aromatic carbocycles. The van der Waals surface area contributed by atoms with Crippen LogP contribution in [-0.2, 0) is 22.6 Å². The summed E-state index contributed by atoms with van der Waals surface area (Å²) in [5, 5.41) is 18.2. The number of pyridine rings is 1. The number of methoxy groups -OCH3 is 1. The van der Waals surface area contributed by atoms with Crippen molar-refractivity contribution in [2.75, 3.05) is 13.8 Å². The van der Waals surface area contributed by atoms with Crippen LogP contribution in [0, 0.1) is 6.92 Å². The number of carbonyl (C=O) groups excluding carboxylic acids is 1. The molecule has 0 aliphatic heterocycles. The normalized spacial score (nSPS) is 11.4. The molecule has 0 bridgehead atoms. The van der Waals surface area contributed by atoms with Crippen LogP contribution < -0.4 is 0 Å². The Bertz CT molecular complexity index is 756. The van der Waals surface area contributed by atoms with Gasteiger partial charge in [-0.2, -0.15) is 0 Å². The summed E-state index contributed by atoms with van der Waals surface area (Å²) in [7, 11) is 1.28. The van der Waals surface area contributed by atoms with E-state index in [4.69, 9.17) is 9.84 Å². The molecular formula is C18H20N2O4. The Balaban J connectivity index is 2.37. The average molecular weight is 328 g/mol. The van der Waals surface area contributed by atoms with Crippen LogP contribution in [0.15, 0.2) is 41.4 Å². The van der Waals surface area contributed by atoms with Gasteiger partial charge in [0.05, 0.1) is 25.1 Å². The number of esters is 1. The lowest BCUT2D eigenvalue weighted by Crippen LogP contribution is -2.19. The molecule has 1 heterocycles. The van der Waals surface area contributed by atoms with Gasteiger partial charge in [0.2, 0.25) is 0 Å². The maximum absolute atomic E-state index is 11.8. The van der Waals surface area contributed by atoms with E-state index >= 15 is 0 Å². The minimum Gasteiger partial charge on any atom is -0.465 e. The molecule has 1 aromatic heterocycles. The van der Waals surface area contributed by atoms with Crippen LogP contribution in [0.1, 0.15) is 16.8 Å². The van der Waals surface area contributed by atoms with Crippen LogP contribution >= 0.6 is 0 Å². The number of aliphatic imine (C=N–C) groups is 1. The van der Waals surface area contributed by atoms with Crippen LogP contribution in [0.3, 0.4) is 0 Å². The number of hydrogen-bond acceptors (Lipinski definition) is 6. The minimum absolute atomic E-state index is 0.123. The van der Waals surface area contributed by atoms with E-state index < -0.39 is 12.7 Å². The summed E-state index contributed by atoms with van der Waals surface area (Å²) in [5.74, 6) is -0.561. The van der Waals surface area contributed by atoms with Gasteiger partial charge in [-0.05, 0) is 36.2 Å². The van der Waals surface area contributed by atoms with Gasteiger partial charge < -0.3 is 14.9 Å². The predicted octanol–water partition coefficient (Wildman–Crippen LogP) is 1.66. The van der Waals surface area contributed by atoms with Crippen molar-refractivity contribution >= 4 is 11.7 Å². The molecule has 2 rings (SSSR count). The monoisotopic (exact) mass is 328 g/mol. The highest BCUT2D eigenvalue weighted by Crippen LogP contribution is 2.22. The second kappa shape index (κ2) is 8.33. The Morgan fingerprint density at radius 2 is 2.04 bits per heavy atom. The van der Waals surface area contributed by atoms with E-state index in [-0.39, 0.29) is 18.7 Å². The number of aliphatic hydroxyl groups excluding tert-OH is 2. The third kappa shape index (κ3) is 4.24. The molecule has 0 aliphatic carbocycles. The first-order valence-corrected chi connectivity index (χ1v) is 7.48. The Hall–Kier alpha value is -2.57. The van der Waals surface area contributed by atoms with E-state index in [1.165, 1.54) is 7.11 Å². The number of rotatable bonds is 6. The Morgan fingerprint density at radius 1 is 1.25 bits per heavy atom. The van der Waals surface area contributed by atoms with Crippen molar-refractivity contribution < 1.29 is 19.7 Å².